The minimum atomic E-state index is 0.317. The van der Waals surface area contributed by atoms with Gasteiger partial charge in [-0.05, 0) is 12.3 Å². The van der Waals surface area contributed by atoms with Crippen LogP contribution in [0.2, 0.25) is 0 Å². The molecule has 0 aliphatic carbocycles. The Hall–Kier alpha value is -0.300. The summed E-state index contributed by atoms with van der Waals surface area (Å²) in [5.41, 5.74) is 5.84. The molecule has 0 radical (unpaired) electrons. The molecule has 1 nitrogen and oxygen atoms in total. The molecule has 0 aliphatic rings. The van der Waals surface area contributed by atoms with Crippen molar-refractivity contribution >= 4 is 0 Å². The second kappa shape index (κ2) is 5.48. The van der Waals surface area contributed by atoms with Gasteiger partial charge in [-0.15, -0.1) is 6.58 Å². The van der Waals surface area contributed by atoms with E-state index in [0.29, 0.717) is 12.0 Å². The summed E-state index contributed by atoms with van der Waals surface area (Å²) in [6.07, 6.45) is 5.53. The summed E-state index contributed by atoms with van der Waals surface area (Å²) in [6.45, 7) is 8.01. The monoisotopic (exact) mass is 141 g/mol. The molecule has 2 atom stereocenters. The summed E-state index contributed by atoms with van der Waals surface area (Å²) in [6, 6.07) is 0.317. The SMILES string of the molecule is C=CC(C)C(N)CCCC. The molecule has 0 amide bonds. The van der Waals surface area contributed by atoms with Crippen molar-refractivity contribution in [3.05, 3.63) is 12.7 Å². The molecular weight excluding hydrogens is 122 g/mol. The Morgan fingerprint density at radius 2 is 2.20 bits per heavy atom. The Balaban J connectivity index is 3.40. The maximum Gasteiger partial charge on any atom is 0.00991 e. The van der Waals surface area contributed by atoms with Gasteiger partial charge in [-0.3, -0.25) is 0 Å². The Labute approximate surface area is 64.3 Å². The Morgan fingerprint density at radius 1 is 1.60 bits per heavy atom. The Morgan fingerprint density at radius 3 is 2.60 bits per heavy atom. The second-order valence-electron chi connectivity index (χ2n) is 2.90. The summed E-state index contributed by atoms with van der Waals surface area (Å²) in [7, 11) is 0. The van der Waals surface area contributed by atoms with E-state index in [1.165, 1.54) is 12.8 Å². The normalized spacial score (nSPS) is 16.3. The minimum absolute atomic E-state index is 0.317. The van der Waals surface area contributed by atoms with Crippen molar-refractivity contribution < 1.29 is 0 Å². The molecule has 0 aromatic rings. The van der Waals surface area contributed by atoms with Crippen molar-refractivity contribution in [1.82, 2.24) is 0 Å². The summed E-state index contributed by atoms with van der Waals surface area (Å²) in [4.78, 5) is 0. The van der Waals surface area contributed by atoms with E-state index in [1.54, 1.807) is 0 Å². The third kappa shape index (κ3) is 3.67. The summed E-state index contributed by atoms with van der Waals surface area (Å²) >= 11 is 0. The highest BCUT2D eigenvalue weighted by molar-refractivity contribution is 4.83. The first-order valence-corrected chi connectivity index (χ1v) is 4.10. The third-order valence-corrected chi connectivity index (χ3v) is 1.94. The molecule has 0 bridgehead atoms. The van der Waals surface area contributed by atoms with Gasteiger partial charge in [0.1, 0.15) is 0 Å². The van der Waals surface area contributed by atoms with Gasteiger partial charge in [0.15, 0.2) is 0 Å². The van der Waals surface area contributed by atoms with Crippen LogP contribution in [-0.2, 0) is 0 Å². The first-order valence-electron chi connectivity index (χ1n) is 4.10. The lowest BCUT2D eigenvalue weighted by Crippen LogP contribution is -2.26. The van der Waals surface area contributed by atoms with Crippen molar-refractivity contribution in [3.63, 3.8) is 0 Å². The number of unbranched alkanes of at least 4 members (excludes halogenated alkanes) is 1. The third-order valence-electron chi connectivity index (χ3n) is 1.94. The van der Waals surface area contributed by atoms with Gasteiger partial charge in [0.25, 0.3) is 0 Å². The maximum absolute atomic E-state index is 5.84. The molecule has 0 fully saturated rings. The van der Waals surface area contributed by atoms with Gasteiger partial charge in [0.05, 0.1) is 0 Å². The molecule has 0 spiro atoms. The van der Waals surface area contributed by atoms with Crippen molar-refractivity contribution in [1.29, 1.82) is 0 Å². The van der Waals surface area contributed by atoms with Crippen LogP contribution in [0, 0.1) is 5.92 Å². The Kier molecular flexibility index (Phi) is 5.32. The predicted octanol–water partition coefficient (Wildman–Crippen LogP) is 2.33. The largest absolute Gasteiger partial charge is 0.327 e. The number of hydrogen-bond acceptors (Lipinski definition) is 1. The lowest BCUT2D eigenvalue weighted by Gasteiger charge is -2.14. The van der Waals surface area contributed by atoms with Crippen LogP contribution in [-0.4, -0.2) is 6.04 Å². The van der Waals surface area contributed by atoms with Gasteiger partial charge in [-0.25, -0.2) is 0 Å². The van der Waals surface area contributed by atoms with E-state index in [4.69, 9.17) is 5.73 Å². The zero-order valence-corrected chi connectivity index (χ0v) is 7.14. The van der Waals surface area contributed by atoms with Crippen LogP contribution in [0.15, 0.2) is 12.7 Å². The first kappa shape index (κ1) is 9.70. The standard InChI is InChI=1S/C9H19N/c1-4-6-7-9(10)8(3)5-2/h5,8-9H,2,4,6-7,10H2,1,3H3. The molecule has 60 valence electrons. The molecule has 0 saturated heterocycles. The van der Waals surface area contributed by atoms with Crippen molar-refractivity contribution in [2.24, 2.45) is 11.7 Å². The lowest BCUT2D eigenvalue weighted by atomic mass is 9.98. The highest BCUT2D eigenvalue weighted by Crippen LogP contribution is 2.08. The van der Waals surface area contributed by atoms with E-state index >= 15 is 0 Å². The quantitative estimate of drug-likeness (QED) is 0.584. The van der Waals surface area contributed by atoms with E-state index < -0.39 is 0 Å². The van der Waals surface area contributed by atoms with Crippen LogP contribution in [0.4, 0.5) is 0 Å². The molecule has 0 aromatic carbocycles. The molecule has 2 unspecified atom stereocenters. The fraction of sp³-hybridized carbons (Fsp3) is 0.778. The van der Waals surface area contributed by atoms with Gasteiger partial charge in [-0.1, -0.05) is 32.8 Å². The summed E-state index contributed by atoms with van der Waals surface area (Å²) in [5, 5.41) is 0. The van der Waals surface area contributed by atoms with Crippen LogP contribution in [0.25, 0.3) is 0 Å². The average Bonchev–Trinajstić information content (AvgIpc) is 1.98. The summed E-state index contributed by atoms with van der Waals surface area (Å²) in [5.74, 6) is 0.464. The molecule has 0 aromatic heterocycles. The lowest BCUT2D eigenvalue weighted by molar-refractivity contribution is 0.485. The number of hydrogen-bond donors (Lipinski definition) is 1. The van der Waals surface area contributed by atoms with Crippen LogP contribution < -0.4 is 5.73 Å². The highest BCUT2D eigenvalue weighted by Gasteiger charge is 2.06. The summed E-state index contributed by atoms with van der Waals surface area (Å²) < 4.78 is 0. The van der Waals surface area contributed by atoms with Crippen LogP contribution >= 0.6 is 0 Å². The number of rotatable bonds is 5. The second-order valence-corrected chi connectivity index (χ2v) is 2.90. The molecule has 0 aliphatic heterocycles. The molecular formula is C9H19N. The zero-order valence-electron chi connectivity index (χ0n) is 7.14. The van der Waals surface area contributed by atoms with Gasteiger partial charge < -0.3 is 5.73 Å². The fourth-order valence-corrected chi connectivity index (χ4v) is 0.878. The Bertz CT molecular complexity index is 88.7. The molecule has 0 heterocycles. The maximum atomic E-state index is 5.84. The average molecular weight is 141 g/mol. The number of nitrogens with two attached hydrogens (primary N) is 1. The van der Waals surface area contributed by atoms with E-state index in [-0.39, 0.29) is 0 Å². The fourth-order valence-electron chi connectivity index (χ4n) is 0.878. The molecule has 2 N–H and O–H groups in total. The van der Waals surface area contributed by atoms with Gasteiger partial charge in [0.2, 0.25) is 0 Å². The topological polar surface area (TPSA) is 26.0 Å². The van der Waals surface area contributed by atoms with Crippen LogP contribution in [0.5, 0.6) is 0 Å². The molecule has 1 heteroatoms. The van der Waals surface area contributed by atoms with E-state index in [2.05, 4.69) is 20.4 Å². The highest BCUT2D eigenvalue weighted by atomic mass is 14.6. The van der Waals surface area contributed by atoms with E-state index in [1.807, 2.05) is 6.08 Å². The van der Waals surface area contributed by atoms with Gasteiger partial charge in [0, 0.05) is 6.04 Å². The molecule has 0 rings (SSSR count). The van der Waals surface area contributed by atoms with Crippen molar-refractivity contribution in [2.45, 2.75) is 39.2 Å². The predicted molar refractivity (Wildman–Crippen MR) is 46.9 cm³/mol. The minimum Gasteiger partial charge on any atom is -0.327 e. The van der Waals surface area contributed by atoms with E-state index in [0.717, 1.165) is 6.42 Å². The van der Waals surface area contributed by atoms with Gasteiger partial charge >= 0.3 is 0 Å². The first-order chi connectivity index (χ1) is 4.72. The van der Waals surface area contributed by atoms with Gasteiger partial charge in [-0.2, -0.15) is 0 Å². The van der Waals surface area contributed by atoms with Crippen molar-refractivity contribution in [2.75, 3.05) is 0 Å². The smallest absolute Gasteiger partial charge is 0.00991 e. The van der Waals surface area contributed by atoms with Crippen LogP contribution in [0.1, 0.15) is 33.1 Å². The molecule has 10 heavy (non-hydrogen) atoms. The molecule has 0 saturated carbocycles. The van der Waals surface area contributed by atoms with E-state index in [9.17, 15) is 0 Å². The van der Waals surface area contributed by atoms with Crippen molar-refractivity contribution in [3.8, 4) is 0 Å². The zero-order chi connectivity index (χ0) is 7.98. The van der Waals surface area contributed by atoms with Crippen LogP contribution in [0.3, 0.4) is 0 Å².